The maximum atomic E-state index is 12.3. The second-order valence-electron chi connectivity index (χ2n) is 6.35. The number of carbonyl (C=O) groups excluding carboxylic acids is 2. The third-order valence-corrected chi connectivity index (χ3v) is 4.95. The normalized spacial score (nSPS) is 16.9. The minimum atomic E-state index is -0.566. The maximum Gasteiger partial charge on any atom is 0.338 e. The molecule has 1 saturated heterocycles. The number of esters is 1. The molecule has 0 bridgehead atoms. The first-order valence-electron chi connectivity index (χ1n) is 8.94. The van der Waals surface area contributed by atoms with E-state index >= 15 is 0 Å². The van der Waals surface area contributed by atoms with Crippen LogP contribution >= 0.6 is 15.9 Å². The Labute approximate surface area is 162 Å². The van der Waals surface area contributed by atoms with Gasteiger partial charge in [0.25, 0.3) is 5.91 Å². The van der Waals surface area contributed by atoms with Crippen LogP contribution in [0.25, 0.3) is 0 Å². The second-order valence-corrected chi connectivity index (χ2v) is 7.20. The number of hydrogen-bond donors (Lipinski definition) is 0. The van der Waals surface area contributed by atoms with Crippen LogP contribution < -0.4 is 9.47 Å². The van der Waals surface area contributed by atoms with E-state index in [4.69, 9.17) is 14.2 Å². The van der Waals surface area contributed by atoms with Gasteiger partial charge in [-0.3, -0.25) is 4.79 Å². The molecule has 1 aromatic rings. The van der Waals surface area contributed by atoms with Crippen LogP contribution in [0.5, 0.6) is 11.5 Å². The van der Waals surface area contributed by atoms with Crippen LogP contribution in [-0.2, 0) is 9.53 Å². The first-order valence-corrected chi connectivity index (χ1v) is 9.74. The van der Waals surface area contributed by atoms with Gasteiger partial charge in [-0.1, -0.05) is 6.92 Å². The van der Waals surface area contributed by atoms with E-state index in [0.717, 1.165) is 32.2 Å². The summed E-state index contributed by atoms with van der Waals surface area (Å²) in [6.07, 6.45) is 3.97. The van der Waals surface area contributed by atoms with Gasteiger partial charge in [0.15, 0.2) is 18.1 Å². The summed E-state index contributed by atoms with van der Waals surface area (Å²) in [4.78, 5) is 26.4. The lowest BCUT2D eigenvalue weighted by Gasteiger charge is -2.33. The van der Waals surface area contributed by atoms with Crippen molar-refractivity contribution in [1.82, 2.24) is 4.90 Å². The number of hydrogen-bond acceptors (Lipinski definition) is 5. The third-order valence-electron chi connectivity index (χ3n) is 4.37. The minimum absolute atomic E-state index is 0.153. The Balaban J connectivity index is 2.02. The molecule has 0 N–H and O–H groups in total. The third kappa shape index (κ3) is 5.13. The number of nitrogens with zero attached hydrogens (tertiary/aromatic N) is 1. The van der Waals surface area contributed by atoms with Crippen LogP contribution in [0.1, 0.15) is 49.9 Å². The summed E-state index contributed by atoms with van der Waals surface area (Å²) in [6.45, 7) is 5.04. The SMILES string of the molecule is CCCOc1c(Br)cc(C(=O)OCC(=O)N2CCCCC2C)cc1OC. The highest BCUT2D eigenvalue weighted by molar-refractivity contribution is 9.10. The highest BCUT2D eigenvalue weighted by Gasteiger charge is 2.24. The van der Waals surface area contributed by atoms with Crippen molar-refractivity contribution >= 4 is 27.8 Å². The van der Waals surface area contributed by atoms with Crippen LogP contribution in [0.3, 0.4) is 0 Å². The van der Waals surface area contributed by atoms with Crippen LogP contribution in [-0.4, -0.2) is 49.7 Å². The summed E-state index contributed by atoms with van der Waals surface area (Å²) in [6, 6.07) is 3.37. The molecule has 2 rings (SSSR count). The highest BCUT2D eigenvalue weighted by Crippen LogP contribution is 2.37. The van der Waals surface area contributed by atoms with Crippen molar-refractivity contribution in [3.05, 3.63) is 22.2 Å². The maximum absolute atomic E-state index is 12.3. The Morgan fingerprint density at radius 3 is 2.73 bits per heavy atom. The number of rotatable bonds is 7. The fraction of sp³-hybridized carbons (Fsp3) is 0.579. The van der Waals surface area contributed by atoms with Gasteiger partial charge < -0.3 is 19.1 Å². The van der Waals surface area contributed by atoms with Crippen LogP contribution in [0.2, 0.25) is 0 Å². The van der Waals surface area contributed by atoms with Crippen molar-refractivity contribution in [2.24, 2.45) is 0 Å². The molecule has 6 nitrogen and oxygen atoms in total. The van der Waals surface area contributed by atoms with Crippen LogP contribution in [0.4, 0.5) is 0 Å². The van der Waals surface area contributed by atoms with Crippen molar-refractivity contribution in [2.45, 2.75) is 45.6 Å². The molecular formula is C19H26BrNO5. The molecule has 26 heavy (non-hydrogen) atoms. The molecular weight excluding hydrogens is 402 g/mol. The molecule has 1 atom stereocenters. The lowest BCUT2D eigenvalue weighted by molar-refractivity contribution is -0.137. The zero-order chi connectivity index (χ0) is 19.1. The van der Waals surface area contributed by atoms with Crippen molar-refractivity contribution < 1.29 is 23.8 Å². The van der Waals surface area contributed by atoms with Gasteiger partial charge in [-0.2, -0.15) is 0 Å². The number of halogens is 1. The van der Waals surface area contributed by atoms with Gasteiger partial charge >= 0.3 is 5.97 Å². The Bertz CT molecular complexity index is 649. The van der Waals surface area contributed by atoms with Gasteiger partial charge in [0.1, 0.15) is 0 Å². The summed E-state index contributed by atoms with van der Waals surface area (Å²) in [5.41, 5.74) is 0.303. The first kappa shape index (κ1) is 20.6. The van der Waals surface area contributed by atoms with E-state index in [9.17, 15) is 9.59 Å². The monoisotopic (exact) mass is 427 g/mol. The Hall–Kier alpha value is -1.76. The molecule has 0 saturated carbocycles. The number of amides is 1. The van der Waals surface area contributed by atoms with Crippen molar-refractivity contribution in [2.75, 3.05) is 26.9 Å². The summed E-state index contributed by atoms with van der Waals surface area (Å²) in [7, 11) is 1.51. The predicted molar refractivity (Wildman–Crippen MR) is 102 cm³/mol. The number of ether oxygens (including phenoxy) is 3. The summed E-state index contributed by atoms with van der Waals surface area (Å²) >= 11 is 3.40. The Kier molecular flexibility index (Phi) is 7.75. The second kappa shape index (κ2) is 9.80. The van der Waals surface area contributed by atoms with E-state index in [1.54, 1.807) is 17.0 Å². The molecule has 7 heteroatoms. The summed E-state index contributed by atoms with van der Waals surface area (Å²) < 4.78 is 16.8. The molecule has 1 aromatic carbocycles. The molecule has 1 amide bonds. The molecule has 0 radical (unpaired) electrons. The van der Waals surface area contributed by atoms with E-state index in [1.165, 1.54) is 7.11 Å². The van der Waals surface area contributed by atoms with Gasteiger partial charge in [-0.05, 0) is 60.7 Å². The van der Waals surface area contributed by atoms with Gasteiger partial charge in [0.2, 0.25) is 0 Å². The molecule has 0 spiro atoms. The quantitative estimate of drug-likeness (QED) is 0.619. The number of likely N-dealkylation sites (tertiary alicyclic amines) is 1. The van der Waals surface area contributed by atoms with Crippen LogP contribution in [0, 0.1) is 0 Å². The fourth-order valence-electron chi connectivity index (χ4n) is 2.94. The molecule has 1 unspecified atom stereocenters. The lowest BCUT2D eigenvalue weighted by atomic mass is 10.0. The lowest BCUT2D eigenvalue weighted by Crippen LogP contribution is -2.44. The summed E-state index contributed by atoms with van der Waals surface area (Å²) in [5, 5.41) is 0. The molecule has 1 aliphatic heterocycles. The average Bonchev–Trinajstić information content (AvgIpc) is 2.64. The van der Waals surface area contributed by atoms with Crippen molar-refractivity contribution in [3.8, 4) is 11.5 Å². The molecule has 0 aromatic heterocycles. The van der Waals surface area contributed by atoms with Gasteiger partial charge in [0.05, 0.1) is 23.8 Å². The van der Waals surface area contributed by atoms with E-state index in [-0.39, 0.29) is 18.6 Å². The van der Waals surface area contributed by atoms with Crippen LogP contribution in [0.15, 0.2) is 16.6 Å². The number of carbonyl (C=O) groups is 2. The van der Waals surface area contributed by atoms with Crippen molar-refractivity contribution in [3.63, 3.8) is 0 Å². The summed E-state index contributed by atoms with van der Waals surface area (Å²) in [5.74, 6) is 0.267. The standard InChI is InChI=1S/C19H26BrNO5/c1-4-9-25-18-15(20)10-14(11-16(18)24-3)19(23)26-12-17(22)21-8-6-5-7-13(21)2/h10-11,13H,4-9,12H2,1-3H3. The smallest absolute Gasteiger partial charge is 0.338 e. The van der Waals surface area contributed by atoms with E-state index in [1.807, 2.05) is 13.8 Å². The molecule has 1 aliphatic rings. The fourth-order valence-corrected chi connectivity index (χ4v) is 3.50. The van der Waals surface area contributed by atoms with Gasteiger partial charge in [0, 0.05) is 12.6 Å². The average molecular weight is 428 g/mol. The van der Waals surface area contributed by atoms with Gasteiger partial charge in [-0.15, -0.1) is 0 Å². The Morgan fingerprint density at radius 1 is 1.31 bits per heavy atom. The number of benzene rings is 1. The van der Waals surface area contributed by atoms with Gasteiger partial charge in [-0.25, -0.2) is 4.79 Å². The van der Waals surface area contributed by atoms with Crippen molar-refractivity contribution in [1.29, 1.82) is 0 Å². The van der Waals surface area contributed by atoms with E-state index in [0.29, 0.717) is 28.1 Å². The highest BCUT2D eigenvalue weighted by atomic mass is 79.9. The molecule has 1 fully saturated rings. The number of methoxy groups -OCH3 is 1. The molecule has 144 valence electrons. The predicted octanol–water partition coefficient (Wildman–Crippen LogP) is 3.80. The number of piperidine rings is 1. The first-order chi connectivity index (χ1) is 12.5. The minimum Gasteiger partial charge on any atom is -0.493 e. The van der Waals surface area contributed by atoms with E-state index in [2.05, 4.69) is 15.9 Å². The molecule has 1 heterocycles. The Morgan fingerprint density at radius 2 is 2.08 bits per heavy atom. The van der Waals surface area contributed by atoms with E-state index < -0.39 is 5.97 Å². The zero-order valence-electron chi connectivity index (χ0n) is 15.5. The largest absolute Gasteiger partial charge is 0.493 e. The molecule has 0 aliphatic carbocycles. The topological polar surface area (TPSA) is 65.1 Å². The zero-order valence-corrected chi connectivity index (χ0v) is 17.1.